The maximum atomic E-state index is 12.5. The van der Waals surface area contributed by atoms with Crippen molar-refractivity contribution in [2.75, 3.05) is 18.4 Å². The van der Waals surface area contributed by atoms with E-state index >= 15 is 0 Å². The van der Waals surface area contributed by atoms with Gasteiger partial charge in [0.2, 0.25) is 0 Å². The van der Waals surface area contributed by atoms with E-state index in [0.29, 0.717) is 23.0 Å². The molecule has 0 spiro atoms. The molecule has 4 N–H and O–H groups in total. The van der Waals surface area contributed by atoms with Crippen LogP contribution in [0.15, 0.2) is 29.1 Å². The molecule has 138 valence electrons. The van der Waals surface area contributed by atoms with Crippen molar-refractivity contribution >= 4 is 17.6 Å². The minimum atomic E-state index is -0.433. The third-order valence-corrected chi connectivity index (χ3v) is 4.30. The first-order valence-corrected chi connectivity index (χ1v) is 8.59. The van der Waals surface area contributed by atoms with Crippen molar-refractivity contribution in [3.8, 4) is 0 Å². The Kier molecular flexibility index (Phi) is 5.35. The number of likely N-dealkylation sites (tertiary alicyclic amines) is 1. The predicted molar refractivity (Wildman–Crippen MR) is 95.8 cm³/mol. The lowest BCUT2D eigenvalue weighted by Gasteiger charge is -2.31. The molecule has 1 aliphatic rings. The maximum absolute atomic E-state index is 12.5. The van der Waals surface area contributed by atoms with E-state index in [1.165, 1.54) is 0 Å². The second-order valence-electron chi connectivity index (χ2n) is 6.51. The molecular weight excluding hydrogens is 336 g/mol. The van der Waals surface area contributed by atoms with Gasteiger partial charge in [-0.15, -0.1) is 0 Å². The molecule has 1 saturated heterocycles. The number of carbonyl (C=O) groups is 2. The molecule has 0 saturated carbocycles. The van der Waals surface area contributed by atoms with Crippen LogP contribution in [-0.4, -0.2) is 45.1 Å². The van der Waals surface area contributed by atoms with Gasteiger partial charge in [-0.2, -0.15) is 5.10 Å². The fraction of sp³-hybridized carbons (Fsp3) is 0.412. The van der Waals surface area contributed by atoms with Crippen LogP contribution >= 0.6 is 0 Å². The maximum Gasteiger partial charge on any atom is 0.340 e. The molecule has 1 aliphatic heterocycles. The molecule has 3 rings (SSSR count). The van der Waals surface area contributed by atoms with Crippen molar-refractivity contribution in [3.63, 3.8) is 0 Å². The summed E-state index contributed by atoms with van der Waals surface area (Å²) in [6.45, 7) is 3.83. The minimum Gasteiger partial charge on any atom is -0.338 e. The van der Waals surface area contributed by atoms with Gasteiger partial charge in [0.1, 0.15) is 5.82 Å². The molecule has 2 heterocycles. The quantitative estimate of drug-likeness (QED) is 0.657. The number of amides is 3. The van der Waals surface area contributed by atoms with Crippen molar-refractivity contribution < 1.29 is 9.59 Å². The van der Waals surface area contributed by atoms with E-state index in [0.717, 1.165) is 25.9 Å². The molecule has 1 aromatic heterocycles. The normalized spacial score (nSPS) is 17.0. The molecule has 1 unspecified atom stereocenters. The van der Waals surface area contributed by atoms with Gasteiger partial charge in [-0.05, 0) is 43.0 Å². The van der Waals surface area contributed by atoms with Gasteiger partial charge in [0.15, 0.2) is 0 Å². The van der Waals surface area contributed by atoms with Crippen molar-refractivity contribution in [2.24, 2.45) is 5.92 Å². The van der Waals surface area contributed by atoms with Gasteiger partial charge >= 0.3 is 11.7 Å². The molecule has 9 heteroatoms. The van der Waals surface area contributed by atoms with E-state index in [2.05, 4.69) is 32.7 Å². The standard InChI is InChI=1S/C17H22N6O3/c1-11-3-2-8-23(10-11)15(24)12-4-6-13(7-5-12)19-16(25)18-9-14-20-17(26)22-21-14/h4-7,11H,2-3,8-10H2,1H3,(H2,18,19,25)(H2,20,21,22,26). The Labute approximate surface area is 150 Å². The molecule has 26 heavy (non-hydrogen) atoms. The first kappa shape index (κ1) is 17.7. The highest BCUT2D eigenvalue weighted by atomic mass is 16.2. The zero-order valence-electron chi connectivity index (χ0n) is 14.5. The molecule has 1 aromatic carbocycles. The summed E-state index contributed by atoms with van der Waals surface area (Å²) in [6.07, 6.45) is 2.20. The number of nitrogens with zero attached hydrogens (tertiary/aromatic N) is 2. The highest BCUT2D eigenvalue weighted by Crippen LogP contribution is 2.19. The molecule has 2 aromatic rings. The number of carbonyl (C=O) groups excluding carboxylic acids is 2. The van der Waals surface area contributed by atoms with Crippen LogP contribution < -0.4 is 16.3 Å². The molecule has 0 bridgehead atoms. The van der Waals surface area contributed by atoms with Gasteiger partial charge in [0.05, 0.1) is 6.54 Å². The number of urea groups is 1. The summed E-state index contributed by atoms with van der Waals surface area (Å²) in [7, 11) is 0. The zero-order chi connectivity index (χ0) is 18.5. The Morgan fingerprint density at radius 3 is 2.73 bits per heavy atom. The van der Waals surface area contributed by atoms with E-state index in [1.54, 1.807) is 24.3 Å². The highest BCUT2D eigenvalue weighted by molar-refractivity contribution is 5.95. The number of piperidine rings is 1. The highest BCUT2D eigenvalue weighted by Gasteiger charge is 2.21. The van der Waals surface area contributed by atoms with Crippen LogP contribution in [-0.2, 0) is 6.54 Å². The number of nitrogens with one attached hydrogen (secondary N) is 4. The van der Waals surface area contributed by atoms with Crippen molar-refractivity contribution in [1.82, 2.24) is 25.4 Å². The topological polar surface area (TPSA) is 123 Å². The van der Waals surface area contributed by atoms with Crippen LogP contribution in [0.2, 0.25) is 0 Å². The predicted octanol–water partition coefficient (Wildman–Crippen LogP) is 1.29. The van der Waals surface area contributed by atoms with Gasteiger partial charge in [-0.25, -0.2) is 14.7 Å². The van der Waals surface area contributed by atoms with E-state index in [1.807, 2.05) is 4.90 Å². The summed E-state index contributed by atoms with van der Waals surface area (Å²) in [6, 6.07) is 6.37. The monoisotopic (exact) mass is 358 g/mol. The number of benzene rings is 1. The largest absolute Gasteiger partial charge is 0.340 e. The Bertz CT molecular complexity index is 826. The summed E-state index contributed by atoms with van der Waals surface area (Å²) in [5.41, 5.74) is 0.756. The summed E-state index contributed by atoms with van der Waals surface area (Å²) in [4.78, 5) is 39.6. The number of hydrogen-bond donors (Lipinski definition) is 4. The molecule has 0 radical (unpaired) electrons. The first-order chi connectivity index (χ1) is 12.5. The molecule has 1 fully saturated rings. The number of aromatic amines is 2. The Balaban J connectivity index is 1.52. The SMILES string of the molecule is CC1CCCN(C(=O)c2ccc(NC(=O)NCc3n[nH]c(=O)[nH]3)cc2)C1. The fourth-order valence-corrected chi connectivity index (χ4v) is 2.98. The van der Waals surface area contributed by atoms with Gasteiger partial charge in [0.25, 0.3) is 5.91 Å². The first-order valence-electron chi connectivity index (χ1n) is 8.59. The van der Waals surface area contributed by atoms with Gasteiger partial charge in [-0.1, -0.05) is 6.92 Å². The van der Waals surface area contributed by atoms with Gasteiger partial charge in [0, 0.05) is 24.3 Å². The lowest BCUT2D eigenvalue weighted by Crippen LogP contribution is -2.39. The van der Waals surface area contributed by atoms with Crippen LogP contribution in [0.1, 0.15) is 35.9 Å². The van der Waals surface area contributed by atoms with Crippen LogP contribution in [0.4, 0.5) is 10.5 Å². The van der Waals surface area contributed by atoms with Crippen LogP contribution in [0.5, 0.6) is 0 Å². The summed E-state index contributed by atoms with van der Waals surface area (Å²) < 4.78 is 0. The van der Waals surface area contributed by atoms with Crippen LogP contribution in [0.3, 0.4) is 0 Å². The van der Waals surface area contributed by atoms with Crippen molar-refractivity contribution in [2.45, 2.75) is 26.3 Å². The van der Waals surface area contributed by atoms with E-state index < -0.39 is 11.7 Å². The molecule has 3 amide bonds. The number of hydrogen-bond acceptors (Lipinski definition) is 4. The summed E-state index contributed by atoms with van der Waals surface area (Å²) in [5, 5.41) is 11.2. The number of aromatic nitrogens is 3. The smallest absolute Gasteiger partial charge is 0.338 e. The number of rotatable bonds is 4. The number of anilines is 1. The second kappa shape index (κ2) is 7.85. The fourth-order valence-electron chi connectivity index (χ4n) is 2.98. The van der Waals surface area contributed by atoms with Crippen molar-refractivity contribution in [3.05, 3.63) is 46.1 Å². The van der Waals surface area contributed by atoms with Gasteiger partial charge < -0.3 is 15.5 Å². The third-order valence-electron chi connectivity index (χ3n) is 4.30. The second-order valence-corrected chi connectivity index (χ2v) is 6.51. The van der Waals surface area contributed by atoms with Crippen molar-refractivity contribution in [1.29, 1.82) is 0 Å². The van der Waals surface area contributed by atoms with E-state index in [-0.39, 0.29) is 12.5 Å². The summed E-state index contributed by atoms with van der Waals surface area (Å²) in [5.74, 6) is 0.888. The lowest BCUT2D eigenvalue weighted by molar-refractivity contribution is 0.0683. The Morgan fingerprint density at radius 1 is 1.31 bits per heavy atom. The van der Waals surface area contributed by atoms with Crippen LogP contribution in [0.25, 0.3) is 0 Å². The Morgan fingerprint density at radius 2 is 2.08 bits per heavy atom. The third kappa shape index (κ3) is 4.50. The number of H-pyrrole nitrogens is 2. The minimum absolute atomic E-state index is 0.0232. The molecule has 9 nitrogen and oxygen atoms in total. The lowest BCUT2D eigenvalue weighted by atomic mass is 9.99. The summed E-state index contributed by atoms with van der Waals surface area (Å²) >= 11 is 0. The molecule has 0 aliphatic carbocycles. The average Bonchev–Trinajstić information content (AvgIpc) is 3.05. The Hall–Kier alpha value is -3.10. The zero-order valence-corrected chi connectivity index (χ0v) is 14.5. The van der Waals surface area contributed by atoms with Gasteiger partial charge in [-0.3, -0.25) is 9.78 Å². The van der Waals surface area contributed by atoms with E-state index in [9.17, 15) is 14.4 Å². The molecule has 1 atom stereocenters. The molecular formula is C17H22N6O3. The average molecular weight is 358 g/mol. The van der Waals surface area contributed by atoms with Crippen LogP contribution in [0, 0.1) is 5.92 Å². The van der Waals surface area contributed by atoms with E-state index in [4.69, 9.17) is 0 Å².